The fourth-order valence-corrected chi connectivity index (χ4v) is 3.03. The molecule has 0 aliphatic heterocycles. The smallest absolute Gasteiger partial charge is 0.168 e. The highest BCUT2D eigenvalue weighted by Crippen LogP contribution is 2.31. The second-order valence-corrected chi connectivity index (χ2v) is 6.04. The Bertz CT molecular complexity index is 905. The Morgan fingerprint density at radius 3 is 1.84 bits per heavy atom. The van der Waals surface area contributed by atoms with Crippen molar-refractivity contribution in [1.29, 1.82) is 0 Å². The molecule has 0 saturated carbocycles. The van der Waals surface area contributed by atoms with Gasteiger partial charge in [0.1, 0.15) is 0 Å². The van der Waals surface area contributed by atoms with Crippen LogP contribution in [-0.2, 0) is 0 Å². The van der Waals surface area contributed by atoms with Crippen LogP contribution >= 0.6 is 0 Å². The highest BCUT2D eigenvalue weighted by Gasteiger charge is 2.23. The number of hydrogen-bond donors (Lipinski definition) is 0. The molecule has 0 spiro atoms. The molecule has 25 heavy (non-hydrogen) atoms. The molecule has 4 aromatic rings. The lowest BCUT2D eigenvalue weighted by Crippen LogP contribution is -2.11. The SMILES string of the molecule is Cc1ccc(-n2nnnc2C(c2ccccc2)c2ccccc2)cc1. The maximum atomic E-state index is 4.37. The number of benzene rings is 3. The molecular weight excluding hydrogens is 308 g/mol. The normalized spacial score (nSPS) is 11.0. The van der Waals surface area contributed by atoms with Gasteiger partial charge in [-0.3, -0.25) is 0 Å². The first kappa shape index (κ1) is 15.3. The van der Waals surface area contributed by atoms with E-state index in [0.717, 1.165) is 22.6 Å². The van der Waals surface area contributed by atoms with Crippen molar-refractivity contribution in [2.24, 2.45) is 0 Å². The first-order valence-corrected chi connectivity index (χ1v) is 8.28. The van der Waals surface area contributed by atoms with Gasteiger partial charge in [0.2, 0.25) is 0 Å². The van der Waals surface area contributed by atoms with Crippen LogP contribution in [0.3, 0.4) is 0 Å². The van der Waals surface area contributed by atoms with Gasteiger partial charge in [0, 0.05) is 0 Å². The van der Waals surface area contributed by atoms with Gasteiger partial charge in [-0.15, -0.1) is 5.10 Å². The Balaban J connectivity index is 1.87. The summed E-state index contributed by atoms with van der Waals surface area (Å²) in [7, 11) is 0. The van der Waals surface area contributed by atoms with Gasteiger partial charge in [-0.25, -0.2) is 0 Å². The average Bonchev–Trinajstić information content (AvgIpc) is 3.14. The Morgan fingerprint density at radius 1 is 0.720 bits per heavy atom. The summed E-state index contributed by atoms with van der Waals surface area (Å²) < 4.78 is 1.82. The van der Waals surface area contributed by atoms with Crippen molar-refractivity contribution in [3.63, 3.8) is 0 Å². The van der Waals surface area contributed by atoms with Gasteiger partial charge >= 0.3 is 0 Å². The zero-order chi connectivity index (χ0) is 17.1. The topological polar surface area (TPSA) is 43.6 Å². The van der Waals surface area contributed by atoms with E-state index in [1.165, 1.54) is 5.56 Å². The second kappa shape index (κ2) is 6.69. The van der Waals surface area contributed by atoms with Crippen LogP contribution in [0.5, 0.6) is 0 Å². The average molecular weight is 326 g/mol. The largest absolute Gasteiger partial charge is 0.196 e. The van der Waals surface area contributed by atoms with Gasteiger partial charge in [0.25, 0.3) is 0 Å². The van der Waals surface area contributed by atoms with Crippen LogP contribution in [0.25, 0.3) is 5.69 Å². The van der Waals surface area contributed by atoms with Gasteiger partial charge in [-0.1, -0.05) is 78.4 Å². The zero-order valence-electron chi connectivity index (χ0n) is 13.9. The molecule has 0 unspecified atom stereocenters. The number of rotatable bonds is 4. The number of tetrazole rings is 1. The van der Waals surface area contributed by atoms with Crippen molar-refractivity contribution in [1.82, 2.24) is 20.2 Å². The molecule has 0 saturated heterocycles. The van der Waals surface area contributed by atoms with Gasteiger partial charge in [0.05, 0.1) is 11.6 Å². The van der Waals surface area contributed by atoms with Crippen LogP contribution in [-0.4, -0.2) is 20.2 Å². The fraction of sp³-hybridized carbons (Fsp3) is 0.0952. The number of hydrogen-bond acceptors (Lipinski definition) is 3. The summed E-state index contributed by atoms with van der Waals surface area (Å²) in [5.41, 5.74) is 4.50. The zero-order valence-corrected chi connectivity index (χ0v) is 13.9. The van der Waals surface area contributed by atoms with Crippen LogP contribution in [0, 0.1) is 6.92 Å². The van der Waals surface area contributed by atoms with E-state index in [-0.39, 0.29) is 5.92 Å². The molecule has 1 heterocycles. The molecular formula is C21H18N4. The molecule has 0 N–H and O–H groups in total. The van der Waals surface area contributed by atoms with Crippen LogP contribution in [0.4, 0.5) is 0 Å². The van der Waals surface area contributed by atoms with Gasteiger partial charge < -0.3 is 0 Å². The fourth-order valence-electron chi connectivity index (χ4n) is 3.03. The van der Waals surface area contributed by atoms with E-state index in [1.807, 2.05) is 53.2 Å². The highest BCUT2D eigenvalue weighted by atomic mass is 15.5. The maximum absolute atomic E-state index is 4.37. The minimum absolute atomic E-state index is 0.0290. The second-order valence-electron chi connectivity index (χ2n) is 6.04. The molecule has 3 aromatic carbocycles. The monoisotopic (exact) mass is 326 g/mol. The summed E-state index contributed by atoms with van der Waals surface area (Å²) in [4.78, 5) is 0. The van der Waals surface area contributed by atoms with Crippen LogP contribution in [0.2, 0.25) is 0 Å². The van der Waals surface area contributed by atoms with Gasteiger partial charge in [0.15, 0.2) is 5.82 Å². The van der Waals surface area contributed by atoms with Crippen LogP contribution < -0.4 is 0 Å². The summed E-state index contributed by atoms with van der Waals surface area (Å²) in [6, 6.07) is 28.9. The molecule has 4 heteroatoms. The van der Waals surface area contributed by atoms with E-state index in [4.69, 9.17) is 0 Å². The summed E-state index contributed by atoms with van der Waals surface area (Å²) in [5.74, 6) is 0.778. The molecule has 4 nitrogen and oxygen atoms in total. The van der Waals surface area contributed by atoms with Crippen LogP contribution in [0.1, 0.15) is 28.4 Å². The minimum atomic E-state index is -0.0290. The lowest BCUT2D eigenvalue weighted by molar-refractivity contribution is 0.747. The molecule has 4 rings (SSSR count). The minimum Gasteiger partial charge on any atom is -0.196 e. The van der Waals surface area contributed by atoms with Gasteiger partial charge in [-0.05, 0) is 40.6 Å². The predicted molar refractivity (Wildman–Crippen MR) is 97.7 cm³/mol. The lowest BCUT2D eigenvalue weighted by atomic mass is 9.90. The molecule has 122 valence electrons. The summed E-state index contributed by atoms with van der Waals surface area (Å²) in [6.45, 7) is 2.07. The quantitative estimate of drug-likeness (QED) is 0.566. The summed E-state index contributed by atoms with van der Waals surface area (Å²) in [5, 5.41) is 12.6. The molecule has 1 aromatic heterocycles. The van der Waals surface area contributed by atoms with E-state index in [1.54, 1.807) is 0 Å². The molecule has 0 aliphatic carbocycles. The van der Waals surface area contributed by atoms with Crippen molar-refractivity contribution >= 4 is 0 Å². The molecule has 0 amide bonds. The predicted octanol–water partition coefficient (Wildman–Crippen LogP) is 4.15. The van der Waals surface area contributed by atoms with Crippen molar-refractivity contribution in [2.45, 2.75) is 12.8 Å². The van der Waals surface area contributed by atoms with Crippen molar-refractivity contribution in [3.8, 4) is 5.69 Å². The third kappa shape index (κ3) is 3.06. The Kier molecular flexibility index (Phi) is 4.09. The van der Waals surface area contributed by atoms with E-state index in [2.05, 4.69) is 58.8 Å². The molecule has 0 radical (unpaired) electrons. The highest BCUT2D eigenvalue weighted by molar-refractivity contribution is 5.41. The first-order chi connectivity index (χ1) is 12.3. The molecule has 0 fully saturated rings. The van der Waals surface area contributed by atoms with Crippen LogP contribution in [0.15, 0.2) is 84.9 Å². The Labute approximate surface area is 146 Å². The van der Waals surface area contributed by atoms with Gasteiger partial charge in [-0.2, -0.15) is 4.68 Å². The lowest BCUT2D eigenvalue weighted by Gasteiger charge is -2.17. The van der Waals surface area contributed by atoms with E-state index < -0.39 is 0 Å². The number of nitrogens with zero attached hydrogens (tertiary/aromatic N) is 4. The third-order valence-corrected chi connectivity index (χ3v) is 4.30. The number of aromatic nitrogens is 4. The maximum Gasteiger partial charge on any atom is 0.168 e. The molecule has 0 atom stereocenters. The Morgan fingerprint density at radius 2 is 1.28 bits per heavy atom. The molecule has 0 aliphatic rings. The van der Waals surface area contributed by atoms with Crippen molar-refractivity contribution in [3.05, 3.63) is 107 Å². The van der Waals surface area contributed by atoms with E-state index >= 15 is 0 Å². The van der Waals surface area contributed by atoms with E-state index in [0.29, 0.717) is 0 Å². The number of aryl methyl sites for hydroxylation is 1. The van der Waals surface area contributed by atoms with E-state index in [9.17, 15) is 0 Å². The first-order valence-electron chi connectivity index (χ1n) is 8.28. The van der Waals surface area contributed by atoms with Crippen molar-refractivity contribution in [2.75, 3.05) is 0 Å². The third-order valence-electron chi connectivity index (χ3n) is 4.30. The Hall–Kier alpha value is -3.27. The summed E-state index contributed by atoms with van der Waals surface area (Å²) >= 11 is 0. The summed E-state index contributed by atoms with van der Waals surface area (Å²) in [6.07, 6.45) is 0. The molecule has 0 bridgehead atoms. The van der Waals surface area contributed by atoms with Crippen molar-refractivity contribution < 1.29 is 0 Å². The standard InChI is InChI=1S/C21H18N4/c1-16-12-14-19(15-13-16)25-21(22-23-24-25)20(17-8-4-2-5-9-17)18-10-6-3-7-11-18/h2-15,20H,1H3.